The van der Waals surface area contributed by atoms with E-state index in [1.54, 1.807) is 0 Å². The fraction of sp³-hybridized carbons (Fsp3) is 0.0267. The van der Waals surface area contributed by atoms with Crippen molar-refractivity contribution in [1.82, 2.24) is 4.98 Å². The smallest absolute Gasteiger partial charge is 0.0788 e. The lowest BCUT2D eigenvalue weighted by Gasteiger charge is -2.34. The number of hydrogen-bond acceptors (Lipinski definition) is 2. The first-order valence-electron chi connectivity index (χ1n) is 26.8. The Morgan fingerprint density at radius 2 is 0.714 bits per heavy atom. The van der Waals surface area contributed by atoms with E-state index in [1.807, 2.05) is 0 Å². The summed E-state index contributed by atoms with van der Waals surface area (Å²) >= 11 is 0. The van der Waals surface area contributed by atoms with Crippen LogP contribution >= 0.6 is 0 Å². The third-order valence-electron chi connectivity index (χ3n) is 17.1. The Bertz CT molecular complexity index is 4410. The third kappa shape index (κ3) is 6.21. The number of anilines is 3. The van der Waals surface area contributed by atoms with Crippen molar-refractivity contribution in [3.8, 4) is 55.8 Å². The topological polar surface area (TPSA) is 16.1 Å². The summed E-state index contributed by atoms with van der Waals surface area (Å²) in [5, 5.41) is 3.53. The van der Waals surface area contributed by atoms with Gasteiger partial charge < -0.3 is 4.90 Å². The van der Waals surface area contributed by atoms with E-state index in [-0.39, 0.29) is 0 Å². The fourth-order valence-electron chi connectivity index (χ4n) is 13.9. The Morgan fingerprint density at radius 1 is 0.247 bits per heavy atom. The average molecular weight is 977 g/mol. The largest absolute Gasteiger partial charge is 0.310 e. The molecule has 12 aromatic carbocycles. The van der Waals surface area contributed by atoms with Crippen LogP contribution in [0.25, 0.3) is 77.4 Å². The van der Waals surface area contributed by atoms with Crippen LogP contribution in [0.1, 0.15) is 44.5 Å². The molecule has 0 amide bonds. The molecule has 13 aromatic rings. The van der Waals surface area contributed by atoms with Crippen molar-refractivity contribution in [2.75, 3.05) is 4.90 Å². The molecule has 1 heterocycles. The molecule has 0 N–H and O–H groups in total. The SMILES string of the molecule is c1ccc(-c2cc3ccccc3nc2-c2ccc3c(c2)C(c2ccccc2)(c2ccccc2)c2ccc(N(c4ccc5c(c4)C4(c6ccccc6-c6ccccc64)c4ccccc4-5)c4ccc5ccccc5c4)cc2-3)cc1. The zero-order valence-electron chi connectivity index (χ0n) is 42.1. The van der Waals surface area contributed by atoms with Gasteiger partial charge in [0, 0.05) is 33.6 Å². The molecule has 358 valence electrons. The number of para-hydroxylation sites is 1. The molecule has 0 radical (unpaired) electrons. The van der Waals surface area contributed by atoms with Crippen LogP contribution in [0, 0.1) is 0 Å². The minimum Gasteiger partial charge on any atom is -0.310 e. The van der Waals surface area contributed by atoms with E-state index in [0.717, 1.165) is 50.3 Å². The highest BCUT2D eigenvalue weighted by Gasteiger charge is 2.52. The summed E-state index contributed by atoms with van der Waals surface area (Å²) in [6, 6.07) is 108. The van der Waals surface area contributed by atoms with Gasteiger partial charge in [0.25, 0.3) is 0 Å². The molecule has 0 unspecified atom stereocenters. The fourth-order valence-corrected chi connectivity index (χ4v) is 13.9. The molecule has 0 saturated heterocycles. The lowest BCUT2D eigenvalue weighted by atomic mass is 9.67. The van der Waals surface area contributed by atoms with Crippen LogP contribution in [0.2, 0.25) is 0 Å². The second-order valence-corrected chi connectivity index (χ2v) is 20.9. The van der Waals surface area contributed by atoms with Gasteiger partial charge in [-0.1, -0.05) is 237 Å². The lowest BCUT2D eigenvalue weighted by molar-refractivity contribution is 0.768. The molecule has 1 spiro atoms. The van der Waals surface area contributed by atoms with Gasteiger partial charge in [0.15, 0.2) is 0 Å². The van der Waals surface area contributed by atoms with E-state index in [9.17, 15) is 0 Å². The van der Waals surface area contributed by atoms with Crippen LogP contribution < -0.4 is 4.90 Å². The first-order chi connectivity index (χ1) is 38.2. The van der Waals surface area contributed by atoms with Crippen LogP contribution in [0.3, 0.4) is 0 Å². The number of aromatic nitrogens is 1. The summed E-state index contributed by atoms with van der Waals surface area (Å²) in [7, 11) is 0. The zero-order valence-corrected chi connectivity index (χ0v) is 42.1. The van der Waals surface area contributed by atoms with Gasteiger partial charge in [-0.05, 0) is 149 Å². The first-order valence-corrected chi connectivity index (χ1v) is 26.8. The highest BCUT2D eigenvalue weighted by atomic mass is 15.1. The van der Waals surface area contributed by atoms with Gasteiger partial charge in [-0.3, -0.25) is 0 Å². The van der Waals surface area contributed by atoms with Gasteiger partial charge in [0.1, 0.15) is 0 Å². The minimum absolute atomic E-state index is 0.482. The molecule has 16 rings (SSSR count). The van der Waals surface area contributed by atoms with E-state index in [2.05, 4.69) is 296 Å². The zero-order chi connectivity index (χ0) is 50.7. The van der Waals surface area contributed by atoms with Crippen LogP contribution in [-0.2, 0) is 10.8 Å². The van der Waals surface area contributed by atoms with Crippen molar-refractivity contribution in [1.29, 1.82) is 0 Å². The molecule has 77 heavy (non-hydrogen) atoms. The number of pyridine rings is 1. The third-order valence-corrected chi connectivity index (χ3v) is 17.1. The van der Waals surface area contributed by atoms with E-state index in [4.69, 9.17) is 4.98 Å². The van der Waals surface area contributed by atoms with Gasteiger partial charge in [-0.25, -0.2) is 4.98 Å². The highest BCUT2D eigenvalue weighted by molar-refractivity contribution is 5.99. The van der Waals surface area contributed by atoms with Crippen molar-refractivity contribution < 1.29 is 0 Å². The molecular formula is C75H48N2. The Balaban J connectivity index is 0.954. The Kier molecular flexibility index (Phi) is 9.50. The quantitative estimate of drug-likeness (QED) is 0.158. The Morgan fingerprint density at radius 3 is 1.39 bits per heavy atom. The second-order valence-electron chi connectivity index (χ2n) is 20.9. The molecule has 1 aromatic heterocycles. The maximum absolute atomic E-state index is 5.50. The highest BCUT2D eigenvalue weighted by Crippen LogP contribution is 2.64. The Hall–Kier alpha value is -9.89. The molecule has 2 nitrogen and oxygen atoms in total. The Labute approximate surface area is 448 Å². The van der Waals surface area contributed by atoms with E-state index < -0.39 is 10.8 Å². The average Bonchev–Trinajstić information content (AvgIpc) is 4.29. The molecule has 0 atom stereocenters. The molecule has 3 aliphatic carbocycles. The van der Waals surface area contributed by atoms with E-state index in [0.29, 0.717) is 0 Å². The van der Waals surface area contributed by atoms with Gasteiger partial charge in [-0.15, -0.1) is 0 Å². The minimum atomic E-state index is -0.645. The van der Waals surface area contributed by atoms with Crippen LogP contribution in [0.4, 0.5) is 17.1 Å². The number of hydrogen-bond donors (Lipinski definition) is 0. The molecule has 3 aliphatic rings. The number of rotatable bonds is 7. The summed E-state index contributed by atoms with van der Waals surface area (Å²) in [5.41, 5.74) is 25.3. The molecule has 0 aliphatic heterocycles. The number of benzene rings is 12. The van der Waals surface area contributed by atoms with Gasteiger partial charge >= 0.3 is 0 Å². The van der Waals surface area contributed by atoms with Crippen LogP contribution in [0.15, 0.2) is 291 Å². The predicted molar refractivity (Wildman–Crippen MR) is 318 cm³/mol. The van der Waals surface area contributed by atoms with Gasteiger partial charge in [0.2, 0.25) is 0 Å². The van der Waals surface area contributed by atoms with Gasteiger partial charge in [-0.2, -0.15) is 0 Å². The summed E-state index contributed by atoms with van der Waals surface area (Å²) in [6.45, 7) is 0. The maximum Gasteiger partial charge on any atom is 0.0788 e. The summed E-state index contributed by atoms with van der Waals surface area (Å²) in [6.07, 6.45) is 0. The molecular weight excluding hydrogens is 929 g/mol. The van der Waals surface area contributed by atoms with Crippen molar-refractivity contribution >= 4 is 38.7 Å². The van der Waals surface area contributed by atoms with Crippen molar-refractivity contribution in [3.05, 3.63) is 336 Å². The summed E-state index contributed by atoms with van der Waals surface area (Å²) in [5.74, 6) is 0. The normalized spacial score (nSPS) is 13.7. The standard InChI is InChI=1S/C75H48N2/c1-4-21-50(22-5-1)64-45-52-24-12-19-35-72(52)76-73(64)53-37-41-63-65-47-57(40-43-69(65)74(70(63)46-53,54-25-6-2-7-26-54)55-27-8-3-9-28-55)77(56-38-36-49-20-10-11-23-51(49)44-56)58-39-42-62-61-31-15-18-34-68(61)75(71(62)48-58)66-32-16-13-29-59(66)60-30-14-17-33-67(60)75/h1-48H. The van der Waals surface area contributed by atoms with Crippen molar-refractivity contribution in [2.24, 2.45) is 0 Å². The predicted octanol–water partition coefficient (Wildman–Crippen LogP) is 18.9. The van der Waals surface area contributed by atoms with Crippen LogP contribution in [0.5, 0.6) is 0 Å². The van der Waals surface area contributed by atoms with E-state index in [1.165, 1.54) is 88.7 Å². The number of fused-ring (bicyclic) bond motifs is 15. The van der Waals surface area contributed by atoms with E-state index >= 15 is 0 Å². The lowest BCUT2D eigenvalue weighted by Crippen LogP contribution is -2.28. The van der Waals surface area contributed by atoms with Crippen molar-refractivity contribution in [3.63, 3.8) is 0 Å². The monoisotopic (exact) mass is 976 g/mol. The van der Waals surface area contributed by atoms with Gasteiger partial charge in [0.05, 0.1) is 22.0 Å². The molecule has 2 heteroatoms. The second kappa shape index (κ2) is 16.8. The molecule has 0 bridgehead atoms. The maximum atomic E-state index is 5.50. The van der Waals surface area contributed by atoms with Crippen LogP contribution in [-0.4, -0.2) is 4.98 Å². The first kappa shape index (κ1) is 43.5. The number of nitrogens with zero attached hydrogens (tertiary/aromatic N) is 2. The molecule has 0 fully saturated rings. The summed E-state index contributed by atoms with van der Waals surface area (Å²) < 4.78 is 0. The molecule has 0 saturated carbocycles. The summed E-state index contributed by atoms with van der Waals surface area (Å²) in [4.78, 5) is 8.00. The van der Waals surface area contributed by atoms with Crippen molar-refractivity contribution in [2.45, 2.75) is 10.8 Å².